The van der Waals surface area contributed by atoms with E-state index in [2.05, 4.69) is 9.44 Å². The highest BCUT2D eigenvalue weighted by Crippen LogP contribution is 2.25. The second kappa shape index (κ2) is 6.95. The van der Waals surface area contributed by atoms with Gasteiger partial charge in [-0.05, 0) is 55.7 Å². The van der Waals surface area contributed by atoms with Crippen LogP contribution >= 0.6 is 0 Å². The van der Waals surface area contributed by atoms with Crippen LogP contribution in [0.2, 0.25) is 0 Å². The van der Waals surface area contributed by atoms with Gasteiger partial charge in [0.2, 0.25) is 10.0 Å². The van der Waals surface area contributed by atoms with Crippen LogP contribution in [0, 0.1) is 6.92 Å². The Kier molecular flexibility index (Phi) is 4.98. The van der Waals surface area contributed by atoms with E-state index in [0.29, 0.717) is 5.56 Å². The Morgan fingerprint density at radius 2 is 1.63 bits per heavy atom. The third kappa shape index (κ3) is 4.46. The fraction of sp³-hybridized carbons (Fsp3) is 0.235. The summed E-state index contributed by atoms with van der Waals surface area (Å²) in [5, 5.41) is 9.07. The second-order valence-electron chi connectivity index (χ2n) is 6.31. The molecule has 0 radical (unpaired) electrons. The lowest BCUT2D eigenvalue weighted by atomic mass is 10.1. The minimum Gasteiger partial charge on any atom is -0.478 e. The van der Waals surface area contributed by atoms with Crippen LogP contribution in [0.5, 0.6) is 0 Å². The van der Waals surface area contributed by atoms with Crippen molar-refractivity contribution in [2.45, 2.75) is 35.6 Å². The molecule has 0 atom stereocenters. The molecule has 1 aliphatic rings. The normalized spacial score (nSPS) is 14.7. The summed E-state index contributed by atoms with van der Waals surface area (Å²) in [7, 11) is -7.91. The maximum Gasteiger partial charge on any atom is 0.335 e. The van der Waals surface area contributed by atoms with E-state index in [-0.39, 0.29) is 27.1 Å². The van der Waals surface area contributed by atoms with Gasteiger partial charge in [-0.25, -0.2) is 26.4 Å². The number of carboxylic acid groups (broad SMARTS) is 1. The fourth-order valence-electron chi connectivity index (χ4n) is 2.37. The summed E-state index contributed by atoms with van der Waals surface area (Å²) in [6.07, 6.45) is 1.52. The fourth-order valence-corrected chi connectivity index (χ4v) is 4.96. The molecule has 0 amide bonds. The minimum atomic E-state index is -4.11. The molecule has 2 aromatic rings. The molecule has 8 nitrogen and oxygen atoms in total. The topological polar surface area (TPSA) is 130 Å². The molecule has 0 heterocycles. The molecule has 1 saturated carbocycles. The van der Waals surface area contributed by atoms with E-state index in [1.165, 1.54) is 36.4 Å². The Hall–Kier alpha value is -2.43. The number of carbonyl (C=O) groups is 1. The van der Waals surface area contributed by atoms with Crippen LogP contribution in [0.25, 0.3) is 0 Å². The van der Waals surface area contributed by atoms with Crippen molar-refractivity contribution in [3.63, 3.8) is 0 Å². The van der Waals surface area contributed by atoms with Gasteiger partial charge in [-0.15, -0.1) is 0 Å². The van der Waals surface area contributed by atoms with E-state index in [1.807, 2.05) is 0 Å². The lowest BCUT2D eigenvalue weighted by molar-refractivity contribution is 0.0697. The van der Waals surface area contributed by atoms with Gasteiger partial charge in [-0.3, -0.25) is 4.72 Å². The third-order valence-corrected chi connectivity index (χ3v) is 6.94. The standard InChI is InChI=1S/C17H18N2O6S2/c1-11-5-6-12(17(20)21)9-16(11)19-27(24,25)15-4-2-3-14(10-15)26(22,23)18-13-7-8-13/h2-6,9-10,13,18-19H,7-8H2,1H3,(H,20,21). The molecule has 3 rings (SSSR count). The number of aromatic carboxylic acids is 1. The first-order chi connectivity index (χ1) is 12.6. The van der Waals surface area contributed by atoms with E-state index in [0.717, 1.165) is 18.9 Å². The molecule has 1 aliphatic carbocycles. The molecule has 3 N–H and O–H groups in total. The summed E-state index contributed by atoms with van der Waals surface area (Å²) in [6, 6.07) is 8.97. The van der Waals surface area contributed by atoms with E-state index >= 15 is 0 Å². The van der Waals surface area contributed by atoms with Crippen LogP contribution in [-0.2, 0) is 20.0 Å². The zero-order valence-corrected chi connectivity index (χ0v) is 16.0. The van der Waals surface area contributed by atoms with Gasteiger partial charge in [-0.1, -0.05) is 12.1 Å². The first-order valence-corrected chi connectivity index (χ1v) is 11.0. The van der Waals surface area contributed by atoms with Crippen molar-refractivity contribution in [2.24, 2.45) is 0 Å². The number of benzene rings is 2. The molecule has 0 bridgehead atoms. The molecule has 144 valence electrons. The van der Waals surface area contributed by atoms with Gasteiger partial charge in [-0.2, -0.15) is 0 Å². The van der Waals surface area contributed by atoms with Crippen LogP contribution in [0.4, 0.5) is 5.69 Å². The van der Waals surface area contributed by atoms with Gasteiger partial charge >= 0.3 is 5.97 Å². The van der Waals surface area contributed by atoms with E-state index in [9.17, 15) is 21.6 Å². The minimum absolute atomic E-state index is 0.0664. The summed E-state index contributed by atoms with van der Waals surface area (Å²) in [6.45, 7) is 1.63. The van der Waals surface area contributed by atoms with Gasteiger partial charge in [0.25, 0.3) is 10.0 Å². The van der Waals surface area contributed by atoms with Crippen molar-refractivity contribution in [1.82, 2.24) is 4.72 Å². The maximum atomic E-state index is 12.7. The zero-order chi connectivity index (χ0) is 19.8. The van der Waals surface area contributed by atoms with E-state index in [4.69, 9.17) is 5.11 Å². The first-order valence-electron chi connectivity index (χ1n) is 8.08. The predicted molar refractivity (Wildman–Crippen MR) is 98.7 cm³/mol. The number of nitrogens with one attached hydrogen (secondary N) is 2. The molecule has 0 aliphatic heterocycles. The van der Waals surface area contributed by atoms with Gasteiger partial charge in [0, 0.05) is 6.04 Å². The van der Waals surface area contributed by atoms with Crippen molar-refractivity contribution in [1.29, 1.82) is 0 Å². The summed E-state index contributed by atoms with van der Waals surface area (Å²) < 4.78 is 54.8. The number of aryl methyl sites for hydroxylation is 1. The van der Waals surface area contributed by atoms with Crippen LogP contribution in [0.15, 0.2) is 52.3 Å². The molecule has 0 aromatic heterocycles. The van der Waals surface area contributed by atoms with Crippen LogP contribution in [-0.4, -0.2) is 34.0 Å². The smallest absolute Gasteiger partial charge is 0.335 e. The van der Waals surface area contributed by atoms with Crippen LogP contribution in [0.1, 0.15) is 28.8 Å². The van der Waals surface area contributed by atoms with E-state index in [1.54, 1.807) is 6.92 Å². The highest BCUT2D eigenvalue weighted by Gasteiger charge is 2.28. The van der Waals surface area contributed by atoms with Gasteiger partial charge in [0.1, 0.15) is 0 Å². The predicted octanol–water partition coefficient (Wildman–Crippen LogP) is 1.93. The highest BCUT2D eigenvalue weighted by atomic mass is 32.2. The molecule has 1 fully saturated rings. The lowest BCUT2D eigenvalue weighted by Gasteiger charge is -2.12. The zero-order valence-electron chi connectivity index (χ0n) is 14.3. The molecule has 0 saturated heterocycles. The largest absolute Gasteiger partial charge is 0.478 e. The molecule has 10 heteroatoms. The van der Waals surface area contributed by atoms with Crippen molar-refractivity contribution in [3.8, 4) is 0 Å². The van der Waals surface area contributed by atoms with Crippen molar-refractivity contribution in [3.05, 3.63) is 53.6 Å². The average molecular weight is 410 g/mol. The summed E-state index contributed by atoms with van der Waals surface area (Å²) in [5.74, 6) is -1.19. The average Bonchev–Trinajstić information content (AvgIpc) is 3.40. The molecule has 2 aromatic carbocycles. The van der Waals surface area contributed by atoms with Crippen LogP contribution in [0.3, 0.4) is 0 Å². The first kappa shape index (κ1) is 19.3. The maximum absolute atomic E-state index is 12.7. The molecular weight excluding hydrogens is 392 g/mol. The van der Waals surface area contributed by atoms with Crippen LogP contribution < -0.4 is 9.44 Å². The SMILES string of the molecule is Cc1ccc(C(=O)O)cc1NS(=O)(=O)c1cccc(S(=O)(=O)NC2CC2)c1. The summed E-state index contributed by atoms with van der Waals surface area (Å²) >= 11 is 0. The Balaban J connectivity index is 1.93. The Labute approximate surface area is 157 Å². The second-order valence-corrected chi connectivity index (χ2v) is 9.71. The molecule has 0 spiro atoms. The number of rotatable bonds is 7. The Morgan fingerprint density at radius 3 is 2.22 bits per heavy atom. The number of hydrogen-bond donors (Lipinski definition) is 3. The summed E-state index contributed by atoms with van der Waals surface area (Å²) in [4.78, 5) is 10.7. The monoisotopic (exact) mass is 410 g/mol. The van der Waals surface area contributed by atoms with Crippen molar-refractivity contribution < 1.29 is 26.7 Å². The number of sulfonamides is 2. The number of anilines is 1. The highest BCUT2D eigenvalue weighted by molar-refractivity contribution is 7.93. The molecule has 0 unspecified atom stereocenters. The van der Waals surface area contributed by atoms with E-state index < -0.39 is 26.0 Å². The van der Waals surface area contributed by atoms with Gasteiger partial charge in [0.15, 0.2) is 0 Å². The third-order valence-electron chi connectivity index (χ3n) is 4.05. The summed E-state index contributed by atoms with van der Waals surface area (Å²) in [5.41, 5.74) is 0.574. The number of carboxylic acids is 1. The molecular formula is C17H18N2O6S2. The van der Waals surface area contributed by atoms with Crippen molar-refractivity contribution in [2.75, 3.05) is 4.72 Å². The van der Waals surface area contributed by atoms with Crippen molar-refractivity contribution >= 4 is 31.7 Å². The quantitative estimate of drug-likeness (QED) is 0.640. The van der Waals surface area contributed by atoms with Gasteiger partial charge in [0.05, 0.1) is 21.0 Å². The Bertz CT molecular complexity index is 1110. The Morgan fingerprint density at radius 1 is 1.00 bits per heavy atom. The number of hydrogen-bond acceptors (Lipinski definition) is 5. The lowest BCUT2D eigenvalue weighted by Crippen LogP contribution is -2.26. The van der Waals surface area contributed by atoms with Gasteiger partial charge < -0.3 is 5.11 Å². The molecule has 27 heavy (non-hydrogen) atoms.